The van der Waals surface area contributed by atoms with Gasteiger partial charge >= 0.3 is 0 Å². The SMILES string of the molecule is C=C/C=C(\C=C/c1cccc2c1c1ccccc1n2-c1ccccc1)C/C(=C\C=C)N(C)/C(C)=C/C=C(\C=C)C(CC(C)c1ccccc1)=NC(=C)c1ccccc1. The minimum Gasteiger partial charge on any atom is -0.352 e. The van der Waals surface area contributed by atoms with Crippen molar-refractivity contribution in [3.05, 3.63) is 248 Å². The highest BCUT2D eigenvalue weighted by Gasteiger charge is 2.16. The maximum absolute atomic E-state index is 5.12. The molecule has 6 rings (SSSR count). The molecule has 0 spiro atoms. The number of fused-ring (bicyclic) bond motifs is 3. The predicted molar refractivity (Wildman–Crippen MR) is 253 cm³/mol. The van der Waals surface area contributed by atoms with Crippen LogP contribution in [0.25, 0.3) is 39.3 Å². The Morgan fingerprint density at radius 3 is 2.05 bits per heavy atom. The summed E-state index contributed by atoms with van der Waals surface area (Å²) < 4.78 is 2.35. The first-order valence-corrected chi connectivity index (χ1v) is 19.8. The second-order valence-corrected chi connectivity index (χ2v) is 14.4. The molecular weight excluding hydrogens is 703 g/mol. The number of hydrogen-bond acceptors (Lipinski definition) is 2. The molecule has 3 heteroatoms. The molecule has 0 radical (unpaired) electrons. The van der Waals surface area contributed by atoms with Crippen LogP contribution in [0.4, 0.5) is 0 Å². The van der Waals surface area contributed by atoms with Gasteiger partial charge in [-0.15, -0.1) is 0 Å². The van der Waals surface area contributed by atoms with Crippen LogP contribution in [-0.2, 0) is 0 Å². The Labute approximate surface area is 345 Å². The Morgan fingerprint density at radius 1 is 0.724 bits per heavy atom. The van der Waals surface area contributed by atoms with E-state index in [1.54, 1.807) is 0 Å². The van der Waals surface area contributed by atoms with E-state index >= 15 is 0 Å². The van der Waals surface area contributed by atoms with Gasteiger partial charge in [0, 0.05) is 47.0 Å². The lowest BCUT2D eigenvalue weighted by Gasteiger charge is -2.24. The smallest absolute Gasteiger partial charge is 0.0633 e. The Hall–Kier alpha value is -6.97. The molecule has 0 aliphatic heterocycles. The average Bonchev–Trinajstić information content (AvgIpc) is 3.61. The molecule has 1 atom stereocenters. The van der Waals surface area contributed by atoms with Crippen molar-refractivity contribution in [2.75, 3.05) is 7.05 Å². The van der Waals surface area contributed by atoms with Crippen LogP contribution in [0, 0.1) is 0 Å². The highest BCUT2D eigenvalue weighted by molar-refractivity contribution is 6.12. The fourth-order valence-corrected chi connectivity index (χ4v) is 7.30. The lowest BCUT2D eigenvalue weighted by atomic mass is 9.92. The van der Waals surface area contributed by atoms with Crippen LogP contribution < -0.4 is 0 Å². The van der Waals surface area contributed by atoms with Crippen molar-refractivity contribution in [2.45, 2.75) is 32.6 Å². The van der Waals surface area contributed by atoms with Gasteiger partial charge in [-0.3, -0.25) is 4.99 Å². The van der Waals surface area contributed by atoms with Crippen molar-refractivity contribution in [3.63, 3.8) is 0 Å². The molecule has 0 saturated heterocycles. The second-order valence-electron chi connectivity index (χ2n) is 14.4. The van der Waals surface area contributed by atoms with Crippen LogP contribution in [0.5, 0.6) is 0 Å². The number of allylic oxidation sites excluding steroid dienone is 11. The van der Waals surface area contributed by atoms with E-state index in [0.29, 0.717) is 6.42 Å². The third kappa shape index (κ3) is 9.69. The van der Waals surface area contributed by atoms with Crippen LogP contribution >= 0.6 is 0 Å². The first-order valence-electron chi connectivity index (χ1n) is 19.8. The van der Waals surface area contributed by atoms with Crippen molar-refractivity contribution < 1.29 is 0 Å². The number of hydrogen-bond donors (Lipinski definition) is 0. The van der Waals surface area contributed by atoms with Gasteiger partial charge in [-0.1, -0.05) is 185 Å². The summed E-state index contributed by atoms with van der Waals surface area (Å²) in [6.45, 7) is 21.0. The molecule has 5 aromatic carbocycles. The molecule has 6 aromatic rings. The summed E-state index contributed by atoms with van der Waals surface area (Å²) in [6, 6.07) is 46.5. The summed E-state index contributed by atoms with van der Waals surface area (Å²) in [5, 5.41) is 2.45. The minimum atomic E-state index is 0.249. The lowest BCUT2D eigenvalue weighted by molar-refractivity contribution is 0.507. The van der Waals surface area contributed by atoms with Crippen molar-refractivity contribution in [3.8, 4) is 5.69 Å². The Bertz CT molecular complexity index is 2590. The monoisotopic (exact) mass is 755 g/mol. The molecule has 1 aromatic heterocycles. The molecule has 0 bridgehead atoms. The Morgan fingerprint density at radius 2 is 1.36 bits per heavy atom. The summed E-state index contributed by atoms with van der Waals surface area (Å²) in [6.07, 6.45) is 19.9. The van der Waals surface area contributed by atoms with E-state index < -0.39 is 0 Å². The van der Waals surface area contributed by atoms with E-state index in [-0.39, 0.29) is 5.92 Å². The van der Waals surface area contributed by atoms with Crippen molar-refractivity contribution in [1.29, 1.82) is 0 Å². The van der Waals surface area contributed by atoms with Crippen LogP contribution in [-0.4, -0.2) is 22.2 Å². The average molecular weight is 756 g/mol. The summed E-state index contributed by atoms with van der Waals surface area (Å²) in [4.78, 5) is 7.33. The Balaban J connectivity index is 1.28. The van der Waals surface area contributed by atoms with Gasteiger partial charge < -0.3 is 9.47 Å². The van der Waals surface area contributed by atoms with Crippen LogP contribution in [0.1, 0.15) is 49.3 Å². The number of benzene rings is 5. The van der Waals surface area contributed by atoms with E-state index in [4.69, 9.17) is 4.99 Å². The largest absolute Gasteiger partial charge is 0.352 e. The van der Waals surface area contributed by atoms with Gasteiger partial charge in [0.25, 0.3) is 0 Å². The van der Waals surface area contributed by atoms with Gasteiger partial charge in [-0.05, 0) is 83.5 Å². The van der Waals surface area contributed by atoms with Crippen molar-refractivity contribution >= 4 is 39.3 Å². The van der Waals surface area contributed by atoms with Crippen LogP contribution in [0.2, 0.25) is 0 Å². The fourth-order valence-electron chi connectivity index (χ4n) is 7.30. The zero-order chi connectivity index (χ0) is 40.9. The van der Waals surface area contributed by atoms with Crippen LogP contribution in [0.15, 0.2) is 236 Å². The minimum absolute atomic E-state index is 0.249. The third-order valence-corrected chi connectivity index (χ3v) is 10.5. The third-order valence-electron chi connectivity index (χ3n) is 10.5. The van der Waals surface area contributed by atoms with E-state index in [0.717, 1.165) is 57.2 Å². The van der Waals surface area contributed by atoms with Gasteiger partial charge in [0.1, 0.15) is 0 Å². The molecule has 0 aliphatic carbocycles. The molecule has 0 saturated carbocycles. The molecule has 1 heterocycles. The second kappa shape index (κ2) is 19.8. The quantitative estimate of drug-likeness (QED) is 0.0671. The normalized spacial score (nSPS) is 13.5. The van der Waals surface area contributed by atoms with Gasteiger partial charge in [0.15, 0.2) is 0 Å². The predicted octanol–water partition coefficient (Wildman–Crippen LogP) is 14.6. The molecule has 58 heavy (non-hydrogen) atoms. The lowest BCUT2D eigenvalue weighted by Crippen LogP contribution is -2.16. The van der Waals surface area contributed by atoms with E-state index in [9.17, 15) is 0 Å². The van der Waals surface area contributed by atoms with Crippen LogP contribution in [0.3, 0.4) is 0 Å². The van der Waals surface area contributed by atoms with Gasteiger partial charge in [0.05, 0.1) is 16.7 Å². The summed E-state index contributed by atoms with van der Waals surface area (Å²) in [5.41, 5.74) is 12.8. The topological polar surface area (TPSA) is 20.5 Å². The van der Waals surface area contributed by atoms with Crippen molar-refractivity contribution in [1.82, 2.24) is 9.47 Å². The maximum Gasteiger partial charge on any atom is 0.0633 e. The summed E-state index contributed by atoms with van der Waals surface area (Å²) >= 11 is 0. The molecule has 0 amide bonds. The highest BCUT2D eigenvalue weighted by Crippen LogP contribution is 2.35. The zero-order valence-electron chi connectivity index (χ0n) is 34.1. The molecule has 0 N–H and O–H groups in total. The van der Waals surface area contributed by atoms with E-state index in [1.807, 2.05) is 48.6 Å². The fraction of sp³-hybridized carbons (Fsp3) is 0.109. The molecule has 288 valence electrons. The van der Waals surface area contributed by atoms with Crippen molar-refractivity contribution in [2.24, 2.45) is 4.99 Å². The van der Waals surface area contributed by atoms with E-state index in [2.05, 4.69) is 196 Å². The maximum atomic E-state index is 5.12. The van der Waals surface area contributed by atoms with E-state index in [1.165, 1.54) is 27.4 Å². The molecule has 1 unspecified atom stereocenters. The van der Waals surface area contributed by atoms with Gasteiger partial charge in [-0.25, -0.2) is 0 Å². The number of aliphatic imine (C=N–C) groups is 1. The molecule has 3 nitrogen and oxygen atoms in total. The summed E-state index contributed by atoms with van der Waals surface area (Å²) in [5.74, 6) is 0.249. The first-order chi connectivity index (χ1) is 28.3. The Kier molecular flexibility index (Phi) is 13.9. The van der Waals surface area contributed by atoms with Gasteiger partial charge in [-0.2, -0.15) is 0 Å². The molecule has 0 fully saturated rings. The highest BCUT2D eigenvalue weighted by atomic mass is 15.1. The first kappa shape index (κ1) is 40.7. The number of para-hydroxylation sites is 2. The number of rotatable bonds is 17. The zero-order valence-corrected chi connectivity index (χ0v) is 34.1. The van der Waals surface area contributed by atoms with Gasteiger partial charge in [0.2, 0.25) is 0 Å². The molecular formula is C55H53N3. The number of aromatic nitrogens is 1. The standard InChI is InChI=1S/C55H53N3/c1-8-23-44(36-38-48-29-22-34-54-55(48)51-32-20-21-33-53(51)58(54)49-30-18-13-19-31-49)40-50(24-9-2)57(7)42(5)35-37-45(10-3)52(39-41(4)46-25-14-11-15-26-46)56-43(6)47-27-16-12-17-28-47/h8-38,41H,1-3,6,39-40H2,4-5,7H3/b38-36-,42-35+,44-23+,45-37+,50-24+,56-52?. The number of nitrogens with zero attached hydrogens (tertiary/aromatic N) is 3. The molecule has 0 aliphatic rings. The summed E-state index contributed by atoms with van der Waals surface area (Å²) in [7, 11) is 2.10.